The van der Waals surface area contributed by atoms with Gasteiger partial charge in [-0.2, -0.15) is 0 Å². The number of carbonyl (C=O) groups is 1. The number of aromatic nitrogens is 1. The molecule has 3 rings (SSSR count). The summed E-state index contributed by atoms with van der Waals surface area (Å²) in [6.07, 6.45) is 0. The summed E-state index contributed by atoms with van der Waals surface area (Å²) in [5.74, 6) is -0.255. The van der Waals surface area contributed by atoms with Crippen molar-refractivity contribution >= 4 is 38.6 Å². The van der Waals surface area contributed by atoms with Gasteiger partial charge in [0.25, 0.3) is 5.91 Å². The van der Waals surface area contributed by atoms with Crippen molar-refractivity contribution in [2.24, 2.45) is 0 Å². The van der Waals surface area contributed by atoms with E-state index in [0.717, 1.165) is 24.8 Å². The molecule has 3 aromatic rings. The second kappa shape index (κ2) is 7.89. The standard InChI is InChI=1S/C18H19N3O3S3/c1-12-16(26-18(20-12)15-5-4-10-25-15)11-19-17(22)13-6-8-14(9-7-13)27(23,24)21(2)3/h4-10H,11H2,1-3H3,(H,19,22). The highest BCUT2D eigenvalue weighted by Crippen LogP contribution is 2.31. The minimum Gasteiger partial charge on any atom is -0.347 e. The van der Waals surface area contributed by atoms with Crippen LogP contribution in [0, 0.1) is 6.92 Å². The average Bonchev–Trinajstić information content (AvgIpc) is 3.29. The zero-order valence-corrected chi connectivity index (χ0v) is 17.5. The second-order valence-corrected chi connectivity index (χ2v) is 10.2. The molecule has 1 N–H and O–H groups in total. The van der Waals surface area contributed by atoms with Crippen LogP contribution < -0.4 is 5.32 Å². The van der Waals surface area contributed by atoms with Crippen molar-refractivity contribution in [3.63, 3.8) is 0 Å². The number of sulfonamides is 1. The minimum atomic E-state index is -3.50. The summed E-state index contributed by atoms with van der Waals surface area (Å²) in [6.45, 7) is 2.31. The van der Waals surface area contributed by atoms with E-state index in [1.54, 1.807) is 22.7 Å². The molecule has 0 aliphatic heterocycles. The Kier molecular flexibility index (Phi) is 5.75. The summed E-state index contributed by atoms with van der Waals surface area (Å²) in [4.78, 5) is 19.2. The van der Waals surface area contributed by atoms with Crippen LogP contribution in [0.1, 0.15) is 20.9 Å². The fraction of sp³-hybridized carbons (Fsp3) is 0.222. The van der Waals surface area contributed by atoms with Gasteiger partial charge < -0.3 is 5.32 Å². The number of thiophene rings is 1. The molecule has 2 aromatic heterocycles. The van der Waals surface area contributed by atoms with Crippen molar-refractivity contribution in [1.82, 2.24) is 14.6 Å². The van der Waals surface area contributed by atoms with Crippen molar-refractivity contribution in [3.8, 4) is 9.88 Å². The molecule has 1 amide bonds. The van der Waals surface area contributed by atoms with Crippen LogP contribution in [0.3, 0.4) is 0 Å². The van der Waals surface area contributed by atoms with E-state index in [2.05, 4.69) is 10.3 Å². The number of hydrogen-bond acceptors (Lipinski definition) is 6. The first kappa shape index (κ1) is 19.7. The van der Waals surface area contributed by atoms with E-state index in [0.29, 0.717) is 12.1 Å². The number of nitrogens with one attached hydrogen (secondary N) is 1. The van der Waals surface area contributed by atoms with Gasteiger partial charge in [0.15, 0.2) is 0 Å². The number of amides is 1. The van der Waals surface area contributed by atoms with Gasteiger partial charge in [0.1, 0.15) is 5.01 Å². The van der Waals surface area contributed by atoms with Crippen LogP contribution in [0.25, 0.3) is 9.88 Å². The highest BCUT2D eigenvalue weighted by molar-refractivity contribution is 7.89. The fourth-order valence-corrected chi connectivity index (χ4v) is 5.05. The Morgan fingerprint density at radius 2 is 1.89 bits per heavy atom. The molecule has 27 heavy (non-hydrogen) atoms. The van der Waals surface area contributed by atoms with Gasteiger partial charge in [-0.3, -0.25) is 4.79 Å². The van der Waals surface area contributed by atoms with Crippen molar-refractivity contribution in [2.45, 2.75) is 18.4 Å². The van der Waals surface area contributed by atoms with Crippen molar-refractivity contribution in [3.05, 3.63) is 57.9 Å². The highest BCUT2D eigenvalue weighted by atomic mass is 32.2. The molecule has 2 heterocycles. The second-order valence-electron chi connectivity index (χ2n) is 6.00. The first-order valence-electron chi connectivity index (χ1n) is 8.10. The fourth-order valence-electron chi connectivity index (χ4n) is 2.35. The SMILES string of the molecule is Cc1nc(-c2cccs2)sc1CNC(=O)c1ccc(S(=O)(=O)N(C)C)cc1. The number of carbonyl (C=O) groups excluding carboxylic acids is 1. The predicted octanol–water partition coefficient (Wildman–Crippen LogP) is 3.36. The summed E-state index contributed by atoms with van der Waals surface area (Å²) in [7, 11) is -0.563. The number of thiazole rings is 1. The monoisotopic (exact) mass is 421 g/mol. The van der Waals surface area contributed by atoms with Crippen molar-refractivity contribution in [1.29, 1.82) is 0 Å². The molecular weight excluding hydrogens is 402 g/mol. The predicted molar refractivity (Wildman–Crippen MR) is 109 cm³/mol. The molecule has 0 saturated heterocycles. The third kappa shape index (κ3) is 4.27. The van der Waals surface area contributed by atoms with Crippen LogP contribution in [0.2, 0.25) is 0 Å². The largest absolute Gasteiger partial charge is 0.347 e. The number of nitrogens with zero attached hydrogens (tertiary/aromatic N) is 2. The zero-order valence-electron chi connectivity index (χ0n) is 15.1. The quantitative estimate of drug-likeness (QED) is 0.662. The third-order valence-corrected chi connectivity index (χ3v) is 7.96. The molecule has 0 aliphatic rings. The third-order valence-electron chi connectivity index (χ3n) is 3.93. The van der Waals surface area contributed by atoms with Crippen LogP contribution >= 0.6 is 22.7 Å². The molecule has 6 nitrogen and oxygen atoms in total. The van der Waals surface area contributed by atoms with Gasteiger partial charge in [-0.15, -0.1) is 22.7 Å². The summed E-state index contributed by atoms with van der Waals surface area (Å²) < 4.78 is 25.3. The Hall–Kier alpha value is -2.07. The lowest BCUT2D eigenvalue weighted by Crippen LogP contribution is -2.24. The van der Waals surface area contributed by atoms with E-state index in [4.69, 9.17) is 0 Å². The van der Waals surface area contributed by atoms with E-state index < -0.39 is 10.0 Å². The van der Waals surface area contributed by atoms with Crippen molar-refractivity contribution < 1.29 is 13.2 Å². The van der Waals surface area contributed by atoms with E-state index in [1.807, 2.05) is 24.4 Å². The van der Waals surface area contributed by atoms with Crippen LogP contribution in [-0.2, 0) is 16.6 Å². The number of benzene rings is 1. The van der Waals surface area contributed by atoms with Gasteiger partial charge in [0.05, 0.1) is 22.0 Å². The normalized spacial score (nSPS) is 11.7. The molecule has 0 atom stereocenters. The minimum absolute atomic E-state index is 0.156. The van der Waals surface area contributed by atoms with E-state index >= 15 is 0 Å². The molecule has 0 unspecified atom stereocenters. The topological polar surface area (TPSA) is 79.4 Å². The molecule has 0 fully saturated rings. The first-order valence-corrected chi connectivity index (χ1v) is 11.2. The van der Waals surface area contributed by atoms with Gasteiger partial charge in [-0.05, 0) is 42.6 Å². The lowest BCUT2D eigenvalue weighted by atomic mass is 10.2. The van der Waals surface area contributed by atoms with Gasteiger partial charge in [0, 0.05) is 24.5 Å². The Morgan fingerprint density at radius 3 is 2.48 bits per heavy atom. The maximum Gasteiger partial charge on any atom is 0.251 e. The summed E-state index contributed by atoms with van der Waals surface area (Å²) in [5.41, 5.74) is 1.31. The molecule has 142 valence electrons. The molecule has 0 bridgehead atoms. The van der Waals surface area contributed by atoms with Crippen LogP contribution in [-0.4, -0.2) is 37.7 Å². The van der Waals surface area contributed by atoms with Gasteiger partial charge in [-0.1, -0.05) is 6.07 Å². The molecule has 1 aromatic carbocycles. The Morgan fingerprint density at radius 1 is 1.19 bits per heavy atom. The van der Waals surface area contributed by atoms with Crippen LogP contribution in [0.5, 0.6) is 0 Å². The number of hydrogen-bond donors (Lipinski definition) is 1. The maximum atomic E-state index is 12.4. The molecular formula is C18H19N3O3S3. The molecule has 0 spiro atoms. The van der Waals surface area contributed by atoms with Gasteiger partial charge in [0.2, 0.25) is 10.0 Å². The summed E-state index contributed by atoms with van der Waals surface area (Å²) in [5, 5.41) is 5.83. The molecule has 0 aliphatic carbocycles. The lowest BCUT2D eigenvalue weighted by Gasteiger charge is -2.11. The van der Waals surface area contributed by atoms with Crippen LogP contribution in [0.15, 0.2) is 46.7 Å². The van der Waals surface area contributed by atoms with E-state index in [-0.39, 0.29) is 10.8 Å². The zero-order chi connectivity index (χ0) is 19.6. The maximum absolute atomic E-state index is 12.4. The Bertz CT molecular complexity index is 1040. The molecule has 0 saturated carbocycles. The van der Waals surface area contributed by atoms with E-state index in [1.165, 1.54) is 38.4 Å². The summed E-state index contributed by atoms with van der Waals surface area (Å²) in [6, 6.07) is 9.92. The first-order chi connectivity index (χ1) is 12.8. The van der Waals surface area contributed by atoms with Gasteiger partial charge >= 0.3 is 0 Å². The lowest BCUT2D eigenvalue weighted by molar-refractivity contribution is 0.0951. The molecule has 0 radical (unpaired) electrons. The number of rotatable bonds is 6. The highest BCUT2D eigenvalue weighted by Gasteiger charge is 2.18. The van der Waals surface area contributed by atoms with Crippen LogP contribution in [0.4, 0.5) is 0 Å². The number of aryl methyl sites for hydroxylation is 1. The van der Waals surface area contributed by atoms with E-state index in [9.17, 15) is 13.2 Å². The molecule has 9 heteroatoms. The summed E-state index contributed by atoms with van der Waals surface area (Å²) >= 11 is 3.20. The van der Waals surface area contributed by atoms with Gasteiger partial charge in [-0.25, -0.2) is 17.7 Å². The Labute approximate surface area is 166 Å². The van der Waals surface area contributed by atoms with Crippen molar-refractivity contribution in [2.75, 3.05) is 14.1 Å². The Balaban J connectivity index is 1.68. The smallest absolute Gasteiger partial charge is 0.251 e. The average molecular weight is 422 g/mol.